The number of methoxy groups -OCH3 is 1. The zero-order valence-corrected chi connectivity index (χ0v) is 19.5. The minimum absolute atomic E-state index is 0.0937. The third-order valence-corrected chi connectivity index (χ3v) is 7.24. The molecule has 3 heterocycles. The van der Waals surface area contributed by atoms with Gasteiger partial charge in [0.05, 0.1) is 7.11 Å². The molecule has 1 atom stereocenters. The molecule has 1 unspecified atom stereocenters. The number of nitrogens with one attached hydrogen (secondary N) is 1. The molecule has 3 aromatic rings. The van der Waals surface area contributed by atoms with Crippen LogP contribution in [0.2, 0.25) is 0 Å². The molecule has 1 aliphatic heterocycles. The lowest BCUT2D eigenvalue weighted by atomic mass is 9.89. The van der Waals surface area contributed by atoms with E-state index in [2.05, 4.69) is 37.4 Å². The third-order valence-electron chi connectivity index (χ3n) is 7.24. The predicted octanol–water partition coefficient (Wildman–Crippen LogP) is 2.44. The Labute approximate surface area is 193 Å². The number of nitrogens with zero attached hydrogens (tertiary/aromatic N) is 6. The molecule has 1 aromatic carbocycles. The van der Waals surface area contributed by atoms with Gasteiger partial charge in [-0.3, -0.25) is 9.69 Å². The number of pyridine rings is 1. The molecule has 1 N–H and O–H groups in total. The minimum atomic E-state index is -0.295. The van der Waals surface area contributed by atoms with Gasteiger partial charge >= 0.3 is 0 Å². The van der Waals surface area contributed by atoms with Crippen molar-refractivity contribution in [3.05, 3.63) is 46.0 Å². The van der Waals surface area contributed by atoms with E-state index < -0.39 is 0 Å². The topological polar surface area (TPSA) is 92.2 Å². The Balaban J connectivity index is 1.57. The standard InChI is InChI=1S/C24H33N7O2/c1-29-10-12-30(13-11-29)22(23-26-27-28-31(23)16-17-6-4-3-5-7-17)20-15-18-14-19(33-2)8-9-21(18)25-24(20)32/h8-9,14-15,17,22H,3-7,10-13,16H2,1-2H3,(H,25,32). The fourth-order valence-electron chi connectivity index (χ4n) is 5.26. The molecule has 0 radical (unpaired) electrons. The number of tetrazole rings is 1. The van der Waals surface area contributed by atoms with Crippen LogP contribution in [-0.2, 0) is 6.54 Å². The first-order chi connectivity index (χ1) is 16.1. The van der Waals surface area contributed by atoms with Gasteiger partial charge < -0.3 is 14.6 Å². The number of aromatic nitrogens is 5. The summed E-state index contributed by atoms with van der Waals surface area (Å²) in [5, 5.41) is 13.8. The molecule has 0 amide bonds. The maximum absolute atomic E-state index is 13.3. The maximum atomic E-state index is 13.3. The van der Waals surface area contributed by atoms with E-state index in [0.717, 1.165) is 55.2 Å². The molecular formula is C24H33N7O2. The first-order valence-corrected chi connectivity index (χ1v) is 12.0. The van der Waals surface area contributed by atoms with Crippen LogP contribution in [0, 0.1) is 5.92 Å². The van der Waals surface area contributed by atoms with Gasteiger partial charge in [-0.1, -0.05) is 19.3 Å². The van der Waals surface area contributed by atoms with Crippen LogP contribution in [0.1, 0.15) is 49.5 Å². The summed E-state index contributed by atoms with van der Waals surface area (Å²) in [6.07, 6.45) is 6.30. The van der Waals surface area contributed by atoms with Crippen LogP contribution in [0.3, 0.4) is 0 Å². The van der Waals surface area contributed by atoms with E-state index in [9.17, 15) is 4.79 Å². The maximum Gasteiger partial charge on any atom is 0.253 e. The summed E-state index contributed by atoms with van der Waals surface area (Å²) in [5.74, 6) is 2.12. The summed E-state index contributed by atoms with van der Waals surface area (Å²) in [5.41, 5.74) is 1.38. The molecule has 9 heteroatoms. The molecule has 0 spiro atoms. The second kappa shape index (κ2) is 9.61. The molecule has 33 heavy (non-hydrogen) atoms. The predicted molar refractivity (Wildman–Crippen MR) is 126 cm³/mol. The lowest BCUT2D eigenvalue weighted by Gasteiger charge is -2.37. The molecule has 5 rings (SSSR count). The van der Waals surface area contributed by atoms with Crippen molar-refractivity contribution in [1.29, 1.82) is 0 Å². The normalized spacial score (nSPS) is 19.7. The Bertz CT molecular complexity index is 1140. The first-order valence-electron chi connectivity index (χ1n) is 12.0. The average Bonchev–Trinajstić information content (AvgIpc) is 3.28. The highest BCUT2D eigenvalue weighted by molar-refractivity contribution is 5.80. The second-order valence-electron chi connectivity index (χ2n) is 9.47. The summed E-state index contributed by atoms with van der Waals surface area (Å²) in [4.78, 5) is 21.1. The van der Waals surface area contributed by atoms with Crippen LogP contribution in [0.25, 0.3) is 10.9 Å². The second-order valence-corrected chi connectivity index (χ2v) is 9.47. The van der Waals surface area contributed by atoms with Crippen LogP contribution in [0.4, 0.5) is 0 Å². The summed E-state index contributed by atoms with van der Waals surface area (Å²) in [6, 6.07) is 7.40. The van der Waals surface area contributed by atoms with E-state index in [1.54, 1.807) is 7.11 Å². The number of H-pyrrole nitrogens is 1. The van der Waals surface area contributed by atoms with Crippen molar-refractivity contribution in [2.24, 2.45) is 5.92 Å². The quantitative estimate of drug-likeness (QED) is 0.615. The van der Waals surface area contributed by atoms with Crippen molar-refractivity contribution < 1.29 is 4.74 Å². The van der Waals surface area contributed by atoms with Gasteiger partial charge in [0, 0.05) is 49.2 Å². The number of aromatic amines is 1. The summed E-state index contributed by atoms with van der Waals surface area (Å²) >= 11 is 0. The van der Waals surface area contributed by atoms with Gasteiger partial charge in [-0.15, -0.1) is 5.10 Å². The van der Waals surface area contributed by atoms with Gasteiger partial charge in [0.25, 0.3) is 5.56 Å². The van der Waals surface area contributed by atoms with Crippen LogP contribution in [0.5, 0.6) is 5.75 Å². The average molecular weight is 452 g/mol. The highest BCUT2D eigenvalue weighted by Crippen LogP contribution is 2.30. The van der Waals surface area contributed by atoms with Crippen LogP contribution in [0.15, 0.2) is 29.1 Å². The van der Waals surface area contributed by atoms with Gasteiger partial charge in [-0.05, 0) is 60.5 Å². The van der Waals surface area contributed by atoms with Crippen molar-refractivity contribution in [3.63, 3.8) is 0 Å². The molecule has 2 aromatic heterocycles. The number of ether oxygens (including phenoxy) is 1. The molecule has 1 saturated carbocycles. The minimum Gasteiger partial charge on any atom is -0.497 e. The largest absolute Gasteiger partial charge is 0.497 e. The van der Waals surface area contributed by atoms with Crippen molar-refractivity contribution >= 4 is 10.9 Å². The fourth-order valence-corrected chi connectivity index (χ4v) is 5.26. The molecule has 0 bridgehead atoms. The Morgan fingerprint density at radius 2 is 1.91 bits per heavy atom. The zero-order chi connectivity index (χ0) is 22.8. The smallest absolute Gasteiger partial charge is 0.253 e. The number of likely N-dealkylation sites (N-methyl/N-ethyl adjacent to an activating group) is 1. The van der Waals surface area contributed by atoms with E-state index in [0.29, 0.717) is 11.5 Å². The van der Waals surface area contributed by atoms with E-state index in [-0.39, 0.29) is 11.6 Å². The highest BCUT2D eigenvalue weighted by Gasteiger charge is 2.32. The van der Waals surface area contributed by atoms with Gasteiger partial charge in [-0.25, -0.2) is 4.68 Å². The van der Waals surface area contributed by atoms with Gasteiger partial charge in [-0.2, -0.15) is 0 Å². The van der Waals surface area contributed by atoms with Crippen molar-refractivity contribution in [2.75, 3.05) is 40.3 Å². The summed E-state index contributed by atoms with van der Waals surface area (Å²) in [6.45, 7) is 4.41. The van der Waals surface area contributed by atoms with Gasteiger partial charge in [0.1, 0.15) is 11.8 Å². The van der Waals surface area contributed by atoms with Crippen molar-refractivity contribution in [1.82, 2.24) is 35.0 Å². The molecule has 2 fully saturated rings. The van der Waals surface area contributed by atoms with Crippen LogP contribution < -0.4 is 10.3 Å². The lowest BCUT2D eigenvalue weighted by Crippen LogP contribution is -2.47. The summed E-state index contributed by atoms with van der Waals surface area (Å²) in [7, 11) is 3.79. The number of fused-ring (bicyclic) bond motifs is 1. The number of rotatable bonds is 6. The number of hydrogen-bond donors (Lipinski definition) is 1. The molecule has 1 saturated heterocycles. The van der Waals surface area contributed by atoms with Crippen molar-refractivity contribution in [3.8, 4) is 5.75 Å². The first kappa shape index (κ1) is 22.0. The SMILES string of the molecule is COc1ccc2[nH]c(=O)c(C(c3nnnn3CC3CCCCC3)N3CCN(C)CC3)cc2c1. The van der Waals surface area contributed by atoms with E-state index in [4.69, 9.17) is 4.74 Å². The van der Waals surface area contributed by atoms with E-state index in [1.165, 1.54) is 32.1 Å². The van der Waals surface area contributed by atoms with Crippen LogP contribution >= 0.6 is 0 Å². The van der Waals surface area contributed by atoms with Crippen molar-refractivity contribution in [2.45, 2.75) is 44.7 Å². The van der Waals surface area contributed by atoms with Crippen LogP contribution in [-0.4, -0.2) is 75.3 Å². The molecule has 9 nitrogen and oxygen atoms in total. The van der Waals surface area contributed by atoms with E-state index >= 15 is 0 Å². The number of piperazine rings is 1. The molecule has 2 aliphatic rings. The molecular weight excluding hydrogens is 418 g/mol. The Hall–Kier alpha value is -2.78. The fraction of sp³-hybridized carbons (Fsp3) is 0.583. The Morgan fingerprint density at radius 1 is 1.12 bits per heavy atom. The molecule has 176 valence electrons. The molecule has 1 aliphatic carbocycles. The number of benzene rings is 1. The zero-order valence-electron chi connectivity index (χ0n) is 19.5. The Kier molecular flexibility index (Phi) is 6.41. The van der Waals surface area contributed by atoms with Gasteiger partial charge in [0.15, 0.2) is 5.82 Å². The summed E-state index contributed by atoms with van der Waals surface area (Å²) < 4.78 is 7.37. The monoisotopic (exact) mass is 451 g/mol. The number of hydrogen-bond acceptors (Lipinski definition) is 7. The van der Waals surface area contributed by atoms with E-state index in [1.807, 2.05) is 28.9 Å². The lowest BCUT2D eigenvalue weighted by molar-refractivity contribution is 0.120. The van der Waals surface area contributed by atoms with Gasteiger partial charge in [0.2, 0.25) is 0 Å². The Morgan fingerprint density at radius 3 is 2.67 bits per heavy atom. The highest BCUT2D eigenvalue weighted by atomic mass is 16.5. The third kappa shape index (κ3) is 4.65.